The van der Waals surface area contributed by atoms with Crippen molar-refractivity contribution in [2.75, 3.05) is 6.54 Å². The van der Waals surface area contributed by atoms with E-state index in [-0.39, 0.29) is 11.3 Å². The molecule has 78 valence electrons. The summed E-state index contributed by atoms with van der Waals surface area (Å²) in [5.41, 5.74) is -0.372. The summed E-state index contributed by atoms with van der Waals surface area (Å²) < 4.78 is 11.2. The zero-order valence-corrected chi connectivity index (χ0v) is 8.96. The largest absolute Gasteiger partial charge is 0.469 e. The Bertz CT molecular complexity index is 305. The normalized spacial score (nSPS) is 30.8. The van der Waals surface area contributed by atoms with Crippen molar-refractivity contribution in [3.8, 4) is 0 Å². The Kier molecular flexibility index (Phi) is 2.16. The molecule has 1 N–H and O–H groups in total. The fourth-order valence-corrected chi connectivity index (χ4v) is 1.93. The zero-order valence-electron chi connectivity index (χ0n) is 8.96. The SMILES string of the molecule is CC1(C)CNC(C)(Cc2ccco2)O1. The quantitative estimate of drug-likeness (QED) is 0.783. The van der Waals surface area contributed by atoms with Crippen LogP contribution in [0.2, 0.25) is 0 Å². The molecule has 2 rings (SSSR count). The van der Waals surface area contributed by atoms with Crippen molar-refractivity contribution in [3.05, 3.63) is 24.2 Å². The predicted octanol–water partition coefficient (Wildman–Crippen LogP) is 1.94. The summed E-state index contributed by atoms with van der Waals surface area (Å²) in [6.07, 6.45) is 2.46. The van der Waals surface area contributed by atoms with E-state index in [2.05, 4.69) is 26.1 Å². The third-order valence-corrected chi connectivity index (χ3v) is 2.48. The van der Waals surface area contributed by atoms with Crippen LogP contribution in [-0.2, 0) is 11.2 Å². The summed E-state index contributed by atoms with van der Waals surface area (Å²) in [5.74, 6) is 0.956. The van der Waals surface area contributed by atoms with Gasteiger partial charge in [-0.15, -0.1) is 0 Å². The van der Waals surface area contributed by atoms with Gasteiger partial charge in [-0.3, -0.25) is 5.32 Å². The van der Waals surface area contributed by atoms with Gasteiger partial charge >= 0.3 is 0 Å². The number of ether oxygens (including phenoxy) is 1. The average Bonchev–Trinajstić information content (AvgIpc) is 2.60. The summed E-state index contributed by atoms with van der Waals surface area (Å²) in [5, 5.41) is 3.38. The summed E-state index contributed by atoms with van der Waals surface area (Å²) in [6.45, 7) is 7.12. The molecule has 1 aliphatic rings. The lowest BCUT2D eigenvalue weighted by Crippen LogP contribution is -2.39. The second-order valence-electron chi connectivity index (χ2n) is 4.70. The molecule has 0 spiro atoms. The van der Waals surface area contributed by atoms with Gasteiger partial charge in [-0.1, -0.05) is 0 Å². The molecule has 0 saturated carbocycles. The second kappa shape index (κ2) is 3.11. The van der Waals surface area contributed by atoms with Gasteiger partial charge in [-0.2, -0.15) is 0 Å². The van der Waals surface area contributed by atoms with Crippen LogP contribution >= 0.6 is 0 Å². The molecule has 14 heavy (non-hydrogen) atoms. The standard InChI is InChI=1S/C11H17NO2/c1-10(2)8-12-11(3,14-10)7-9-5-4-6-13-9/h4-6,12H,7-8H2,1-3H3. The number of hydrogen-bond donors (Lipinski definition) is 1. The third-order valence-electron chi connectivity index (χ3n) is 2.48. The molecule has 1 fully saturated rings. The van der Waals surface area contributed by atoms with Crippen LogP contribution in [0.3, 0.4) is 0 Å². The van der Waals surface area contributed by atoms with E-state index < -0.39 is 0 Å². The predicted molar refractivity (Wildman–Crippen MR) is 54.0 cm³/mol. The summed E-state index contributed by atoms with van der Waals surface area (Å²) in [6, 6.07) is 3.88. The maximum absolute atomic E-state index is 5.94. The minimum atomic E-state index is -0.290. The first-order valence-electron chi connectivity index (χ1n) is 4.97. The van der Waals surface area contributed by atoms with Crippen LogP contribution in [0.15, 0.2) is 22.8 Å². The van der Waals surface area contributed by atoms with Crippen molar-refractivity contribution in [2.45, 2.75) is 38.5 Å². The van der Waals surface area contributed by atoms with E-state index in [1.165, 1.54) is 0 Å². The van der Waals surface area contributed by atoms with Crippen LogP contribution in [0.5, 0.6) is 0 Å². The van der Waals surface area contributed by atoms with Crippen LogP contribution in [-0.4, -0.2) is 17.9 Å². The smallest absolute Gasteiger partial charge is 0.124 e. The molecular weight excluding hydrogens is 178 g/mol. The lowest BCUT2D eigenvalue weighted by atomic mass is 10.1. The van der Waals surface area contributed by atoms with Gasteiger partial charge in [-0.05, 0) is 32.9 Å². The van der Waals surface area contributed by atoms with Gasteiger partial charge in [0.25, 0.3) is 0 Å². The molecule has 0 aromatic carbocycles. The van der Waals surface area contributed by atoms with E-state index in [0.29, 0.717) is 0 Å². The molecule has 0 bridgehead atoms. The molecule has 0 amide bonds. The Morgan fingerprint density at radius 1 is 1.43 bits per heavy atom. The van der Waals surface area contributed by atoms with Crippen molar-refractivity contribution in [1.82, 2.24) is 5.32 Å². The summed E-state index contributed by atoms with van der Waals surface area (Å²) in [7, 11) is 0. The molecular formula is C11H17NO2. The highest BCUT2D eigenvalue weighted by Crippen LogP contribution is 2.28. The molecule has 1 unspecified atom stereocenters. The molecule has 0 radical (unpaired) electrons. The fraction of sp³-hybridized carbons (Fsp3) is 0.636. The molecule has 3 heteroatoms. The molecule has 1 saturated heterocycles. The fourth-order valence-electron chi connectivity index (χ4n) is 1.93. The highest BCUT2D eigenvalue weighted by Gasteiger charge is 2.40. The Hall–Kier alpha value is -0.800. The maximum atomic E-state index is 5.94. The van der Waals surface area contributed by atoms with Crippen LogP contribution < -0.4 is 5.32 Å². The van der Waals surface area contributed by atoms with E-state index in [1.54, 1.807) is 6.26 Å². The van der Waals surface area contributed by atoms with Gasteiger partial charge in [0.1, 0.15) is 11.5 Å². The van der Waals surface area contributed by atoms with Crippen LogP contribution in [0.1, 0.15) is 26.5 Å². The lowest BCUT2D eigenvalue weighted by Gasteiger charge is -2.26. The number of nitrogens with one attached hydrogen (secondary N) is 1. The second-order valence-corrected chi connectivity index (χ2v) is 4.70. The van der Waals surface area contributed by atoms with Gasteiger partial charge in [0.15, 0.2) is 0 Å². The van der Waals surface area contributed by atoms with E-state index in [0.717, 1.165) is 18.7 Å². The van der Waals surface area contributed by atoms with Crippen LogP contribution in [0.25, 0.3) is 0 Å². The Morgan fingerprint density at radius 2 is 2.21 bits per heavy atom. The molecule has 0 aliphatic carbocycles. The number of furan rings is 1. The van der Waals surface area contributed by atoms with Crippen molar-refractivity contribution < 1.29 is 9.15 Å². The van der Waals surface area contributed by atoms with Crippen molar-refractivity contribution in [1.29, 1.82) is 0 Å². The molecule has 1 aromatic heterocycles. The molecule has 1 atom stereocenters. The minimum absolute atomic E-state index is 0.0820. The van der Waals surface area contributed by atoms with E-state index in [1.807, 2.05) is 12.1 Å². The summed E-state index contributed by atoms with van der Waals surface area (Å²) >= 11 is 0. The maximum Gasteiger partial charge on any atom is 0.124 e. The van der Waals surface area contributed by atoms with Crippen LogP contribution in [0, 0.1) is 0 Å². The minimum Gasteiger partial charge on any atom is -0.469 e. The molecule has 3 nitrogen and oxygen atoms in total. The topological polar surface area (TPSA) is 34.4 Å². The van der Waals surface area contributed by atoms with Gasteiger partial charge in [0.2, 0.25) is 0 Å². The van der Waals surface area contributed by atoms with Crippen LogP contribution in [0.4, 0.5) is 0 Å². The van der Waals surface area contributed by atoms with Gasteiger partial charge in [0, 0.05) is 13.0 Å². The molecule has 2 heterocycles. The Morgan fingerprint density at radius 3 is 2.71 bits per heavy atom. The first-order valence-corrected chi connectivity index (χ1v) is 4.97. The molecule has 1 aliphatic heterocycles. The monoisotopic (exact) mass is 195 g/mol. The van der Waals surface area contributed by atoms with E-state index in [9.17, 15) is 0 Å². The number of rotatable bonds is 2. The first kappa shape index (κ1) is 9.74. The van der Waals surface area contributed by atoms with Gasteiger partial charge in [-0.25, -0.2) is 0 Å². The lowest BCUT2D eigenvalue weighted by molar-refractivity contribution is -0.0806. The molecule has 1 aromatic rings. The van der Waals surface area contributed by atoms with E-state index >= 15 is 0 Å². The van der Waals surface area contributed by atoms with Gasteiger partial charge in [0.05, 0.1) is 11.9 Å². The van der Waals surface area contributed by atoms with Crippen molar-refractivity contribution in [3.63, 3.8) is 0 Å². The average molecular weight is 195 g/mol. The Labute approximate surface area is 84.4 Å². The third kappa shape index (κ3) is 1.99. The van der Waals surface area contributed by atoms with E-state index in [4.69, 9.17) is 9.15 Å². The highest BCUT2D eigenvalue weighted by molar-refractivity contribution is 5.04. The Balaban J connectivity index is 2.05. The number of hydrogen-bond acceptors (Lipinski definition) is 3. The highest BCUT2D eigenvalue weighted by atomic mass is 16.5. The zero-order chi connectivity index (χ0) is 10.2. The first-order chi connectivity index (χ1) is 6.49. The summed E-state index contributed by atoms with van der Waals surface area (Å²) in [4.78, 5) is 0. The van der Waals surface area contributed by atoms with Crippen molar-refractivity contribution >= 4 is 0 Å². The van der Waals surface area contributed by atoms with Gasteiger partial charge < -0.3 is 9.15 Å². The van der Waals surface area contributed by atoms with Crippen molar-refractivity contribution in [2.24, 2.45) is 0 Å².